The van der Waals surface area contributed by atoms with Crippen molar-refractivity contribution in [3.8, 4) is 0 Å². The van der Waals surface area contributed by atoms with Gasteiger partial charge in [0, 0.05) is 5.92 Å². The Morgan fingerprint density at radius 1 is 1.35 bits per heavy atom. The third kappa shape index (κ3) is 3.40. The molecule has 2 unspecified atom stereocenters. The fourth-order valence-electron chi connectivity index (χ4n) is 2.42. The van der Waals surface area contributed by atoms with Gasteiger partial charge in [-0.25, -0.2) is 0 Å². The lowest BCUT2D eigenvalue weighted by Gasteiger charge is -2.20. The lowest BCUT2D eigenvalue weighted by atomic mass is 9.83. The van der Waals surface area contributed by atoms with Crippen molar-refractivity contribution in [2.75, 3.05) is 0 Å². The standard InChI is InChI=1S/C14H18N4O2/c1-2-6-11(14(19)20)12(13-15-17-18-16-13)9-10-7-4-3-5-8-10/h3-5,7-8,11-12H,2,6,9H2,1H3,(H,19,20)(H,15,16,17,18). The van der Waals surface area contributed by atoms with E-state index < -0.39 is 11.9 Å². The second kappa shape index (κ2) is 6.79. The molecule has 1 heterocycles. The van der Waals surface area contributed by atoms with Crippen LogP contribution in [-0.4, -0.2) is 31.7 Å². The molecule has 0 radical (unpaired) electrons. The van der Waals surface area contributed by atoms with Crippen LogP contribution in [0.2, 0.25) is 0 Å². The molecule has 0 aliphatic heterocycles. The van der Waals surface area contributed by atoms with Crippen LogP contribution in [0.3, 0.4) is 0 Å². The molecule has 2 atom stereocenters. The summed E-state index contributed by atoms with van der Waals surface area (Å²) < 4.78 is 0. The Morgan fingerprint density at radius 2 is 2.10 bits per heavy atom. The highest BCUT2D eigenvalue weighted by Crippen LogP contribution is 2.29. The molecule has 2 rings (SSSR count). The SMILES string of the molecule is CCCC(C(=O)O)C(Cc1ccccc1)c1nn[nH]n1. The van der Waals surface area contributed by atoms with E-state index in [1.807, 2.05) is 37.3 Å². The summed E-state index contributed by atoms with van der Waals surface area (Å²) in [4.78, 5) is 11.5. The number of aromatic nitrogens is 4. The zero-order valence-electron chi connectivity index (χ0n) is 11.4. The molecule has 0 bridgehead atoms. The summed E-state index contributed by atoms with van der Waals surface area (Å²) in [6, 6.07) is 9.79. The van der Waals surface area contributed by atoms with E-state index in [1.165, 1.54) is 0 Å². The second-order valence-electron chi connectivity index (χ2n) is 4.80. The number of carboxylic acid groups (broad SMARTS) is 1. The number of aliphatic carboxylic acids is 1. The van der Waals surface area contributed by atoms with Gasteiger partial charge in [-0.2, -0.15) is 5.21 Å². The molecule has 6 heteroatoms. The lowest BCUT2D eigenvalue weighted by molar-refractivity contribution is -0.142. The Morgan fingerprint density at radius 3 is 2.65 bits per heavy atom. The van der Waals surface area contributed by atoms with Crippen molar-refractivity contribution in [2.24, 2.45) is 5.92 Å². The highest BCUT2D eigenvalue weighted by Gasteiger charge is 2.31. The van der Waals surface area contributed by atoms with Gasteiger partial charge >= 0.3 is 5.97 Å². The van der Waals surface area contributed by atoms with Crippen molar-refractivity contribution in [1.29, 1.82) is 0 Å². The van der Waals surface area contributed by atoms with Crippen LogP contribution in [0.1, 0.15) is 37.1 Å². The van der Waals surface area contributed by atoms with Gasteiger partial charge in [-0.1, -0.05) is 48.9 Å². The van der Waals surface area contributed by atoms with Crippen LogP contribution in [0.25, 0.3) is 0 Å². The monoisotopic (exact) mass is 274 g/mol. The smallest absolute Gasteiger partial charge is 0.307 e. The van der Waals surface area contributed by atoms with Gasteiger partial charge in [0.05, 0.1) is 5.92 Å². The van der Waals surface area contributed by atoms with Gasteiger partial charge in [0.2, 0.25) is 0 Å². The number of rotatable bonds is 7. The molecular formula is C14H18N4O2. The van der Waals surface area contributed by atoms with Gasteiger partial charge in [-0.05, 0) is 18.4 Å². The van der Waals surface area contributed by atoms with E-state index in [9.17, 15) is 9.90 Å². The predicted molar refractivity (Wildman–Crippen MR) is 73.1 cm³/mol. The zero-order chi connectivity index (χ0) is 14.4. The maximum absolute atomic E-state index is 11.5. The molecule has 1 aromatic carbocycles. The highest BCUT2D eigenvalue weighted by molar-refractivity contribution is 5.71. The van der Waals surface area contributed by atoms with Crippen LogP contribution in [0.15, 0.2) is 30.3 Å². The molecule has 2 aromatic rings. The number of aromatic amines is 1. The fourth-order valence-corrected chi connectivity index (χ4v) is 2.42. The van der Waals surface area contributed by atoms with Gasteiger partial charge in [0.1, 0.15) is 0 Å². The van der Waals surface area contributed by atoms with Gasteiger partial charge in [-0.15, -0.1) is 10.2 Å². The molecule has 2 N–H and O–H groups in total. The van der Waals surface area contributed by atoms with E-state index in [0.29, 0.717) is 18.7 Å². The first-order chi connectivity index (χ1) is 9.72. The van der Waals surface area contributed by atoms with Crippen molar-refractivity contribution in [3.05, 3.63) is 41.7 Å². The third-order valence-corrected chi connectivity index (χ3v) is 3.39. The summed E-state index contributed by atoms with van der Waals surface area (Å²) in [5.74, 6) is -1.11. The fraction of sp³-hybridized carbons (Fsp3) is 0.429. The predicted octanol–water partition coefficient (Wildman–Crippen LogP) is 2.03. The summed E-state index contributed by atoms with van der Waals surface area (Å²) in [5.41, 5.74) is 1.07. The van der Waals surface area contributed by atoms with Crippen LogP contribution < -0.4 is 0 Å². The summed E-state index contributed by atoms with van der Waals surface area (Å²) >= 11 is 0. The third-order valence-electron chi connectivity index (χ3n) is 3.39. The topological polar surface area (TPSA) is 91.8 Å². The molecule has 0 aliphatic rings. The Hall–Kier alpha value is -2.24. The molecule has 0 saturated heterocycles. The minimum atomic E-state index is -0.808. The maximum Gasteiger partial charge on any atom is 0.307 e. The molecule has 6 nitrogen and oxygen atoms in total. The normalized spacial score (nSPS) is 13.8. The second-order valence-corrected chi connectivity index (χ2v) is 4.80. The summed E-state index contributed by atoms with van der Waals surface area (Å²) in [6.45, 7) is 1.98. The lowest BCUT2D eigenvalue weighted by Crippen LogP contribution is -2.25. The van der Waals surface area contributed by atoms with Crippen molar-refractivity contribution in [2.45, 2.75) is 32.1 Å². The van der Waals surface area contributed by atoms with Gasteiger partial charge in [0.15, 0.2) is 5.82 Å². The Balaban J connectivity index is 2.27. The van der Waals surface area contributed by atoms with Gasteiger partial charge in [-0.3, -0.25) is 4.79 Å². The first kappa shape index (κ1) is 14.2. The number of nitrogens with zero attached hydrogens (tertiary/aromatic N) is 3. The maximum atomic E-state index is 11.5. The first-order valence-electron chi connectivity index (χ1n) is 6.72. The highest BCUT2D eigenvalue weighted by atomic mass is 16.4. The van der Waals surface area contributed by atoms with Crippen LogP contribution in [0.5, 0.6) is 0 Å². The largest absolute Gasteiger partial charge is 0.481 e. The van der Waals surface area contributed by atoms with Gasteiger partial charge in [0.25, 0.3) is 0 Å². The molecule has 0 fully saturated rings. The molecule has 1 aromatic heterocycles. The number of carboxylic acids is 1. The number of benzene rings is 1. The molecule has 106 valence electrons. The van der Waals surface area contributed by atoms with E-state index in [0.717, 1.165) is 12.0 Å². The molecular weight excluding hydrogens is 256 g/mol. The average Bonchev–Trinajstić information content (AvgIpc) is 2.97. The van der Waals surface area contributed by atoms with E-state index >= 15 is 0 Å². The number of tetrazole rings is 1. The number of nitrogens with one attached hydrogen (secondary N) is 1. The summed E-state index contributed by atoms with van der Waals surface area (Å²) in [6.07, 6.45) is 2.00. The minimum Gasteiger partial charge on any atom is -0.481 e. The van der Waals surface area contributed by atoms with E-state index in [1.54, 1.807) is 0 Å². The first-order valence-corrected chi connectivity index (χ1v) is 6.72. The molecule has 0 spiro atoms. The van der Waals surface area contributed by atoms with Crippen molar-refractivity contribution < 1.29 is 9.90 Å². The average molecular weight is 274 g/mol. The quantitative estimate of drug-likeness (QED) is 0.806. The van der Waals surface area contributed by atoms with Crippen LogP contribution >= 0.6 is 0 Å². The Labute approximate surface area is 117 Å². The Kier molecular flexibility index (Phi) is 4.81. The van der Waals surface area contributed by atoms with E-state index in [-0.39, 0.29) is 5.92 Å². The van der Waals surface area contributed by atoms with Crippen molar-refractivity contribution in [1.82, 2.24) is 20.6 Å². The van der Waals surface area contributed by atoms with Crippen LogP contribution in [-0.2, 0) is 11.2 Å². The van der Waals surface area contributed by atoms with E-state index in [2.05, 4.69) is 20.6 Å². The molecule has 20 heavy (non-hydrogen) atoms. The van der Waals surface area contributed by atoms with E-state index in [4.69, 9.17) is 0 Å². The zero-order valence-corrected chi connectivity index (χ0v) is 11.4. The minimum absolute atomic E-state index is 0.270. The van der Waals surface area contributed by atoms with Crippen LogP contribution in [0.4, 0.5) is 0 Å². The van der Waals surface area contributed by atoms with Crippen LogP contribution in [0, 0.1) is 5.92 Å². The number of H-pyrrole nitrogens is 1. The molecule has 0 saturated carbocycles. The van der Waals surface area contributed by atoms with Crippen molar-refractivity contribution in [3.63, 3.8) is 0 Å². The summed E-state index contributed by atoms with van der Waals surface area (Å²) in [7, 11) is 0. The molecule has 0 amide bonds. The van der Waals surface area contributed by atoms with Crippen molar-refractivity contribution >= 4 is 5.97 Å². The number of hydrogen-bond donors (Lipinski definition) is 2. The number of carbonyl (C=O) groups is 1. The van der Waals surface area contributed by atoms with Gasteiger partial charge < -0.3 is 5.11 Å². The number of hydrogen-bond acceptors (Lipinski definition) is 4. The molecule has 0 aliphatic carbocycles. The summed E-state index contributed by atoms with van der Waals surface area (Å²) in [5, 5.41) is 23.4. The Bertz CT molecular complexity index is 527.